The van der Waals surface area contributed by atoms with Crippen molar-refractivity contribution in [2.24, 2.45) is 0 Å². The highest BCUT2D eigenvalue weighted by atomic mass is 16.5. The molecule has 1 heterocycles. The molecule has 2 amide bonds. The lowest BCUT2D eigenvalue weighted by Crippen LogP contribution is -2.17. The van der Waals surface area contributed by atoms with Gasteiger partial charge in [-0.2, -0.15) is 0 Å². The first kappa shape index (κ1) is 21.1. The Morgan fingerprint density at radius 1 is 1.03 bits per heavy atom. The molecule has 0 aliphatic rings. The fraction of sp³-hybridized carbons (Fsp3) is 0.227. The summed E-state index contributed by atoms with van der Waals surface area (Å²) in [4.78, 5) is 24.1. The van der Waals surface area contributed by atoms with E-state index in [0.717, 1.165) is 11.3 Å². The molecule has 3 aromatic rings. The second kappa shape index (κ2) is 9.71. The van der Waals surface area contributed by atoms with Gasteiger partial charge >= 0.3 is 0 Å². The Morgan fingerprint density at radius 3 is 2.37 bits per heavy atom. The van der Waals surface area contributed by atoms with Crippen molar-refractivity contribution >= 4 is 23.2 Å². The van der Waals surface area contributed by atoms with Gasteiger partial charge in [0, 0.05) is 24.0 Å². The number of aromatic nitrogens is 1. The Morgan fingerprint density at radius 2 is 1.73 bits per heavy atom. The van der Waals surface area contributed by atoms with Gasteiger partial charge in [-0.1, -0.05) is 11.2 Å². The zero-order valence-corrected chi connectivity index (χ0v) is 17.0. The van der Waals surface area contributed by atoms with Crippen molar-refractivity contribution in [2.75, 3.05) is 24.4 Å². The summed E-state index contributed by atoms with van der Waals surface area (Å²) in [6, 6.07) is 13.7. The second-order valence-electron chi connectivity index (χ2n) is 6.63. The molecule has 0 radical (unpaired) electrons. The zero-order chi connectivity index (χ0) is 21.5. The molecule has 0 aliphatic carbocycles. The molecule has 8 nitrogen and oxygen atoms in total. The molecule has 0 saturated carbocycles. The average molecular weight is 409 g/mol. The van der Waals surface area contributed by atoms with Crippen molar-refractivity contribution in [3.8, 4) is 5.75 Å². The fourth-order valence-corrected chi connectivity index (χ4v) is 2.76. The summed E-state index contributed by atoms with van der Waals surface area (Å²) >= 11 is 0. The molecule has 2 N–H and O–H groups in total. The van der Waals surface area contributed by atoms with E-state index < -0.39 is 0 Å². The summed E-state index contributed by atoms with van der Waals surface area (Å²) in [5, 5.41) is 9.42. The molecular weight excluding hydrogens is 386 g/mol. The average Bonchev–Trinajstić information content (AvgIpc) is 3.05. The van der Waals surface area contributed by atoms with Crippen LogP contribution < -0.4 is 15.4 Å². The van der Waals surface area contributed by atoms with Crippen LogP contribution in [0.2, 0.25) is 0 Å². The van der Waals surface area contributed by atoms with E-state index in [-0.39, 0.29) is 18.4 Å². The Balaban J connectivity index is 1.60. The number of nitrogens with one attached hydrogen (secondary N) is 2. The molecule has 0 unspecified atom stereocenters. The largest absolute Gasteiger partial charge is 0.489 e. The molecule has 0 spiro atoms. The summed E-state index contributed by atoms with van der Waals surface area (Å²) in [6.07, 6.45) is 0. The van der Waals surface area contributed by atoms with Gasteiger partial charge in [-0.05, 0) is 56.3 Å². The molecule has 0 atom stereocenters. The first-order valence-corrected chi connectivity index (χ1v) is 9.31. The van der Waals surface area contributed by atoms with Gasteiger partial charge in [0.25, 0.3) is 5.91 Å². The van der Waals surface area contributed by atoms with Crippen LogP contribution in [0.25, 0.3) is 0 Å². The number of nitrogens with zero attached hydrogens (tertiary/aromatic N) is 1. The Hall–Kier alpha value is -3.65. The predicted octanol–water partition coefficient (Wildman–Crippen LogP) is 3.71. The maximum absolute atomic E-state index is 12.6. The van der Waals surface area contributed by atoms with Crippen molar-refractivity contribution < 1.29 is 23.6 Å². The third kappa shape index (κ3) is 5.45. The lowest BCUT2D eigenvalue weighted by atomic mass is 10.2. The lowest BCUT2D eigenvalue weighted by Gasteiger charge is -2.10. The highest BCUT2D eigenvalue weighted by Crippen LogP contribution is 2.20. The van der Waals surface area contributed by atoms with Crippen LogP contribution in [-0.4, -0.2) is 30.7 Å². The smallest absolute Gasteiger partial charge is 0.255 e. The number of amides is 2. The molecule has 2 aromatic carbocycles. The number of rotatable bonds is 8. The Bertz CT molecular complexity index is 1010. The molecule has 1 aromatic heterocycles. The first-order valence-electron chi connectivity index (χ1n) is 9.31. The third-order valence-electron chi connectivity index (χ3n) is 4.36. The lowest BCUT2D eigenvalue weighted by molar-refractivity contribution is -0.119. The van der Waals surface area contributed by atoms with Crippen molar-refractivity contribution in [1.29, 1.82) is 0 Å². The quantitative estimate of drug-likeness (QED) is 0.588. The molecule has 0 bridgehead atoms. The molecule has 3 rings (SSSR count). The summed E-state index contributed by atoms with van der Waals surface area (Å²) in [5.41, 5.74) is 3.35. The fourth-order valence-electron chi connectivity index (χ4n) is 2.76. The van der Waals surface area contributed by atoms with E-state index in [0.29, 0.717) is 35.1 Å². The van der Waals surface area contributed by atoms with Crippen molar-refractivity contribution in [3.63, 3.8) is 0 Å². The van der Waals surface area contributed by atoms with Crippen LogP contribution in [0.4, 0.5) is 11.4 Å². The van der Waals surface area contributed by atoms with E-state index in [2.05, 4.69) is 15.8 Å². The second-order valence-corrected chi connectivity index (χ2v) is 6.63. The van der Waals surface area contributed by atoms with Crippen molar-refractivity contribution in [3.05, 3.63) is 71.1 Å². The van der Waals surface area contributed by atoms with E-state index >= 15 is 0 Å². The van der Waals surface area contributed by atoms with Crippen LogP contribution in [0.1, 0.15) is 27.4 Å². The Kier molecular flexibility index (Phi) is 6.82. The van der Waals surface area contributed by atoms with E-state index in [1.54, 1.807) is 48.5 Å². The molecule has 30 heavy (non-hydrogen) atoms. The summed E-state index contributed by atoms with van der Waals surface area (Å²) in [7, 11) is 1.45. The van der Waals surface area contributed by atoms with Gasteiger partial charge in [-0.15, -0.1) is 0 Å². The minimum absolute atomic E-state index is 0.0207. The van der Waals surface area contributed by atoms with E-state index in [4.69, 9.17) is 14.0 Å². The van der Waals surface area contributed by atoms with Gasteiger partial charge in [0.05, 0.1) is 11.3 Å². The predicted molar refractivity (Wildman–Crippen MR) is 112 cm³/mol. The van der Waals surface area contributed by atoms with Crippen LogP contribution in [0.3, 0.4) is 0 Å². The minimum atomic E-state index is -0.269. The van der Waals surface area contributed by atoms with E-state index in [1.165, 1.54) is 7.11 Å². The van der Waals surface area contributed by atoms with Gasteiger partial charge in [-0.3, -0.25) is 9.59 Å². The Labute approximate surface area is 174 Å². The number of carbonyl (C=O) groups is 2. The van der Waals surface area contributed by atoms with Crippen molar-refractivity contribution in [1.82, 2.24) is 5.16 Å². The van der Waals surface area contributed by atoms with Gasteiger partial charge < -0.3 is 24.6 Å². The van der Waals surface area contributed by atoms with E-state index in [1.807, 2.05) is 13.8 Å². The molecule has 0 aliphatic heterocycles. The molecule has 156 valence electrons. The standard InChI is InChI=1S/C22H23N3O5/c1-14-20(15(2)30-25-14)12-29-19-6-4-5-16(11-19)22(27)24-18-9-7-17(8-10-18)23-21(26)13-28-3/h4-11H,12-13H2,1-3H3,(H,23,26)(H,24,27). The number of benzene rings is 2. The SMILES string of the molecule is COCC(=O)Nc1ccc(NC(=O)c2cccc(OCc3c(C)noc3C)c2)cc1. The third-order valence-corrected chi connectivity index (χ3v) is 4.36. The number of anilines is 2. The number of carbonyl (C=O) groups excluding carboxylic acids is 2. The topological polar surface area (TPSA) is 103 Å². The number of hydrogen-bond donors (Lipinski definition) is 2. The monoisotopic (exact) mass is 409 g/mol. The van der Waals surface area contributed by atoms with Gasteiger partial charge in [-0.25, -0.2) is 0 Å². The number of hydrogen-bond acceptors (Lipinski definition) is 6. The first-order chi connectivity index (χ1) is 14.5. The minimum Gasteiger partial charge on any atom is -0.489 e. The summed E-state index contributed by atoms with van der Waals surface area (Å²) in [6.45, 7) is 3.97. The maximum atomic E-state index is 12.6. The summed E-state index contributed by atoms with van der Waals surface area (Å²) in [5.74, 6) is 0.763. The summed E-state index contributed by atoms with van der Waals surface area (Å²) < 4.78 is 15.7. The molecular formula is C22H23N3O5. The highest BCUT2D eigenvalue weighted by Gasteiger charge is 2.11. The molecule has 8 heteroatoms. The van der Waals surface area contributed by atoms with Crippen LogP contribution in [0.15, 0.2) is 53.1 Å². The number of methoxy groups -OCH3 is 1. The van der Waals surface area contributed by atoms with Gasteiger partial charge in [0.1, 0.15) is 24.7 Å². The molecule has 0 saturated heterocycles. The normalized spacial score (nSPS) is 10.5. The molecule has 0 fully saturated rings. The van der Waals surface area contributed by atoms with Gasteiger partial charge in [0.2, 0.25) is 5.91 Å². The zero-order valence-electron chi connectivity index (χ0n) is 17.0. The number of ether oxygens (including phenoxy) is 2. The van der Waals surface area contributed by atoms with Gasteiger partial charge in [0.15, 0.2) is 0 Å². The van der Waals surface area contributed by atoms with Crippen LogP contribution in [0, 0.1) is 13.8 Å². The van der Waals surface area contributed by atoms with E-state index in [9.17, 15) is 9.59 Å². The van der Waals surface area contributed by atoms with Crippen LogP contribution in [0.5, 0.6) is 5.75 Å². The van der Waals surface area contributed by atoms with Crippen LogP contribution >= 0.6 is 0 Å². The number of aryl methyl sites for hydroxylation is 2. The van der Waals surface area contributed by atoms with Crippen molar-refractivity contribution in [2.45, 2.75) is 20.5 Å². The van der Waals surface area contributed by atoms with Crippen LogP contribution in [-0.2, 0) is 16.1 Å². The maximum Gasteiger partial charge on any atom is 0.255 e. The highest BCUT2D eigenvalue weighted by molar-refractivity contribution is 6.04.